The molecule has 0 saturated carbocycles. The average Bonchev–Trinajstić information content (AvgIpc) is 3.19. The Morgan fingerprint density at radius 2 is 2.12 bits per heavy atom. The van der Waals surface area contributed by atoms with Crippen LogP contribution in [0.3, 0.4) is 0 Å². The van der Waals surface area contributed by atoms with E-state index in [9.17, 15) is 4.79 Å². The summed E-state index contributed by atoms with van der Waals surface area (Å²) in [6, 6.07) is 17.1. The Morgan fingerprint density at radius 3 is 2.88 bits per heavy atom. The molecule has 2 heterocycles. The van der Waals surface area contributed by atoms with Gasteiger partial charge in [-0.05, 0) is 48.9 Å². The molecule has 0 spiro atoms. The van der Waals surface area contributed by atoms with Crippen molar-refractivity contribution in [1.29, 1.82) is 0 Å². The highest BCUT2D eigenvalue weighted by molar-refractivity contribution is 5.76. The third-order valence-electron chi connectivity index (χ3n) is 4.03. The molecule has 0 radical (unpaired) electrons. The predicted octanol–water partition coefficient (Wildman–Crippen LogP) is 4.06. The number of aryl methyl sites for hydroxylation is 1. The fraction of sp³-hybridized carbons (Fsp3) is 0.238. The van der Waals surface area contributed by atoms with Gasteiger partial charge in [-0.1, -0.05) is 18.2 Å². The lowest BCUT2D eigenvalue weighted by molar-refractivity contribution is -0.121. The summed E-state index contributed by atoms with van der Waals surface area (Å²) in [6.45, 7) is 2.37. The molecule has 3 rings (SSSR count). The molecule has 1 N–H and O–H groups in total. The lowest BCUT2D eigenvalue weighted by atomic mass is 10.1. The van der Waals surface area contributed by atoms with Crippen LogP contribution in [0.2, 0.25) is 0 Å². The lowest BCUT2D eigenvalue weighted by Gasteiger charge is -2.15. The maximum absolute atomic E-state index is 12.1. The van der Waals surface area contributed by atoms with E-state index in [1.54, 1.807) is 12.5 Å². The number of benzene rings is 1. The van der Waals surface area contributed by atoms with Gasteiger partial charge in [0.05, 0.1) is 18.0 Å². The fourth-order valence-electron chi connectivity index (χ4n) is 2.60. The minimum atomic E-state index is -0.0995. The molecule has 5 nitrogen and oxygen atoms in total. The summed E-state index contributed by atoms with van der Waals surface area (Å²) >= 11 is 0. The summed E-state index contributed by atoms with van der Waals surface area (Å²) in [7, 11) is 0. The van der Waals surface area contributed by atoms with Gasteiger partial charge in [0, 0.05) is 19.0 Å². The zero-order valence-electron chi connectivity index (χ0n) is 14.7. The van der Waals surface area contributed by atoms with Gasteiger partial charge in [0.25, 0.3) is 0 Å². The van der Waals surface area contributed by atoms with Crippen LogP contribution in [0.15, 0.2) is 71.5 Å². The number of nitrogens with zero attached hydrogens (tertiary/aromatic N) is 1. The van der Waals surface area contributed by atoms with Crippen LogP contribution in [0.5, 0.6) is 5.75 Å². The van der Waals surface area contributed by atoms with E-state index in [4.69, 9.17) is 9.15 Å². The smallest absolute Gasteiger partial charge is 0.220 e. The van der Waals surface area contributed by atoms with Crippen LogP contribution in [0.4, 0.5) is 0 Å². The minimum Gasteiger partial charge on any atom is -0.487 e. The Hall–Kier alpha value is -3.08. The van der Waals surface area contributed by atoms with Gasteiger partial charge >= 0.3 is 0 Å². The van der Waals surface area contributed by atoms with Gasteiger partial charge in [-0.3, -0.25) is 9.78 Å². The third-order valence-corrected chi connectivity index (χ3v) is 4.03. The molecule has 0 aliphatic carbocycles. The SMILES string of the molecule is CC(NC(=O)CCc1ccco1)c1cccc(OCc2ccccn2)c1. The number of nitrogens with one attached hydrogen (secondary N) is 1. The molecule has 0 aliphatic heterocycles. The largest absolute Gasteiger partial charge is 0.487 e. The van der Waals surface area contributed by atoms with Crippen molar-refractivity contribution in [2.24, 2.45) is 0 Å². The first kappa shape index (κ1) is 17.7. The molecule has 134 valence electrons. The maximum atomic E-state index is 12.1. The van der Waals surface area contributed by atoms with E-state index in [-0.39, 0.29) is 11.9 Å². The Morgan fingerprint density at radius 1 is 1.19 bits per heavy atom. The second kappa shape index (κ2) is 8.85. The lowest BCUT2D eigenvalue weighted by Crippen LogP contribution is -2.26. The van der Waals surface area contributed by atoms with Crippen LogP contribution in [0.25, 0.3) is 0 Å². The molecule has 1 aromatic carbocycles. The first-order valence-corrected chi connectivity index (χ1v) is 8.65. The first-order chi connectivity index (χ1) is 12.7. The zero-order chi connectivity index (χ0) is 18.2. The highest BCUT2D eigenvalue weighted by Crippen LogP contribution is 2.20. The number of hydrogen-bond donors (Lipinski definition) is 1. The number of aromatic nitrogens is 1. The number of hydrogen-bond acceptors (Lipinski definition) is 4. The molecular formula is C21H22N2O3. The highest BCUT2D eigenvalue weighted by atomic mass is 16.5. The first-order valence-electron chi connectivity index (χ1n) is 8.65. The fourth-order valence-corrected chi connectivity index (χ4v) is 2.60. The van der Waals surface area contributed by atoms with Gasteiger partial charge in [-0.25, -0.2) is 0 Å². The minimum absolute atomic E-state index is 0.00583. The Bertz CT molecular complexity index is 816. The summed E-state index contributed by atoms with van der Waals surface area (Å²) in [5, 5.41) is 3.01. The number of carbonyl (C=O) groups is 1. The Balaban J connectivity index is 1.52. The second-order valence-electron chi connectivity index (χ2n) is 6.05. The van der Waals surface area contributed by atoms with E-state index in [0.29, 0.717) is 19.4 Å². The van der Waals surface area contributed by atoms with Gasteiger partial charge in [-0.15, -0.1) is 0 Å². The van der Waals surface area contributed by atoms with Crippen LogP contribution in [-0.2, 0) is 17.8 Å². The summed E-state index contributed by atoms with van der Waals surface area (Å²) in [6.07, 6.45) is 4.36. The van der Waals surface area contributed by atoms with Crippen LogP contribution in [-0.4, -0.2) is 10.9 Å². The molecule has 0 bridgehead atoms. The van der Waals surface area contributed by atoms with Crippen molar-refractivity contribution in [3.05, 3.63) is 84.1 Å². The molecule has 0 fully saturated rings. The molecule has 1 amide bonds. The number of rotatable bonds is 8. The number of ether oxygens (including phenoxy) is 1. The molecule has 2 aromatic heterocycles. The molecule has 0 aliphatic rings. The number of carbonyl (C=O) groups excluding carboxylic acids is 1. The normalized spacial score (nSPS) is 11.7. The quantitative estimate of drug-likeness (QED) is 0.665. The molecule has 3 aromatic rings. The van der Waals surface area contributed by atoms with Crippen molar-refractivity contribution in [2.75, 3.05) is 0 Å². The van der Waals surface area contributed by atoms with Gasteiger partial charge in [0.15, 0.2) is 0 Å². The molecule has 1 unspecified atom stereocenters. The van der Waals surface area contributed by atoms with Crippen LogP contribution in [0.1, 0.15) is 36.4 Å². The van der Waals surface area contributed by atoms with Crippen LogP contribution >= 0.6 is 0 Å². The number of amides is 1. The summed E-state index contributed by atoms with van der Waals surface area (Å²) in [5.74, 6) is 1.57. The van der Waals surface area contributed by atoms with E-state index >= 15 is 0 Å². The number of pyridine rings is 1. The summed E-state index contributed by atoms with van der Waals surface area (Å²) < 4.78 is 11.0. The van der Waals surface area contributed by atoms with Crippen molar-refractivity contribution in [1.82, 2.24) is 10.3 Å². The average molecular weight is 350 g/mol. The third kappa shape index (κ3) is 5.21. The predicted molar refractivity (Wildman–Crippen MR) is 98.6 cm³/mol. The van der Waals surface area contributed by atoms with E-state index in [1.165, 1.54) is 0 Å². The number of furan rings is 1. The monoisotopic (exact) mass is 350 g/mol. The van der Waals surface area contributed by atoms with Crippen LogP contribution in [0, 0.1) is 0 Å². The van der Waals surface area contributed by atoms with Crippen molar-refractivity contribution in [3.8, 4) is 5.75 Å². The standard InChI is InChI=1S/C21H22N2O3/c1-16(23-21(24)11-10-19-9-5-13-25-19)17-6-4-8-20(14-17)26-15-18-7-2-3-12-22-18/h2-9,12-14,16H,10-11,15H2,1H3,(H,23,24). The van der Waals surface area contributed by atoms with Crippen molar-refractivity contribution < 1.29 is 13.9 Å². The van der Waals surface area contributed by atoms with Gasteiger partial charge in [0.2, 0.25) is 5.91 Å². The maximum Gasteiger partial charge on any atom is 0.220 e. The molecule has 26 heavy (non-hydrogen) atoms. The van der Waals surface area contributed by atoms with Gasteiger partial charge in [0.1, 0.15) is 18.1 Å². The Kier molecular flexibility index (Phi) is 6.04. The second-order valence-corrected chi connectivity index (χ2v) is 6.05. The van der Waals surface area contributed by atoms with Gasteiger partial charge < -0.3 is 14.5 Å². The summed E-state index contributed by atoms with van der Waals surface area (Å²) in [5.41, 5.74) is 1.87. The van der Waals surface area contributed by atoms with E-state index in [2.05, 4.69) is 10.3 Å². The topological polar surface area (TPSA) is 64.4 Å². The zero-order valence-corrected chi connectivity index (χ0v) is 14.7. The van der Waals surface area contributed by atoms with Crippen molar-refractivity contribution >= 4 is 5.91 Å². The van der Waals surface area contributed by atoms with E-state index < -0.39 is 0 Å². The van der Waals surface area contributed by atoms with Crippen LogP contribution < -0.4 is 10.1 Å². The highest BCUT2D eigenvalue weighted by Gasteiger charge is 2.11. The molecule has 0 saturated heterocycles. The van der Waals surface area contributed by atoms with Gasteiger partial charge in [-0.2, -0.15) is 0 Å². The van der Waals surface area contributed by atoms with Crippen molar-refractivity contribution in [2.45, 2.75) is 32.4 Å². The van der Waals surface area contributed by atoms with E-state index in [0.717, 1.165) is 22.8 Å². The Labute approximate surface area is 153 Å². The molecule has 5 heteroatoms. The van der Waals surface area contributed by atoms with Crippen molar-refractivity contribution in [3.63, 3.8) is 0 Å². The molecular weight excluding hydrogens is 328 g/mol. The van der Waals surface area contributed by atoms with E-state index in [1.807, 2.05) is 61.5 Å². The summed E-state index contributed by atoms with van der Waals surface area (Å²) in [4.78, 5) is 16.4. The molecule has 1 atom stereocenters.